The molecule has 8 aromatic rings. The number of carbonyl (C=O) groups excluding carboxylic acids is 1. The van der Waals surface area contributed by atoms with E-state index in [1.165, 1.54) is 67.0 Å². The predicted octanol–water partition coefficient (Wildman–Crippen LogP) is 15.9. The lowest BCUT2D eigenvalue weighted by molar-refractivity contribution is 0.111. The van der Waals surface area contributed by atoms with E-state index in [1.54, 1.807) is 0 Å². The van der Waals surface area contributed by atoms with Gasteiger partial charge in [0.15, 0.2) is 17.8 Å². The maximum atomic E-state index is 11.9. The molecule has 0 aliphatic carbocycles. The third-order valence-corrected chi connectivity index (χ3v) is 14.8. The summed E-state index contributed by atoms with van der Waals surface area (Å²) in [6.07, 6.45) is 13.6. The molecule has 2 N–H and O–H groups in total. The summed E-state index contributed by atoms with van der Waals surface area (Å²) in [6, 6.07) is 31.0. The van der Waals surface area contributed by atoms with Gasteiger partial charge in [0.1, 0.15) is 18.1 Å². The predicted molar refractivity (Wildman–Crippen MR) is 293 cm³/mol. The summed E-state index contributed by atoms with van der Waals surface area (Å²) >= 11 is 1.38. The Morgan fingerprint density at radius 3 is 1.19 bits per heavy atom. The van der Waals surface area contributed by atoms with E-state index in [2.05, 4.69) is 188 Å². The summed E-state index contributed by atoms with van der Waals surface area (Å²) in [6.45, 7) is 20.6. The first-order valence-electron chi connectivity index (χ1n) is 23.9. The van der Waals surface area contributed by atoms with Gasteiger partial charge in [-0.15, -0.1) is 11.3 Å². The Labute approximate surface area is 413 Å². The number of thiophene rings is 1. The van der Waals surface area contributed by atoms with Gasteiger partial charge in [-0.05, 0) is 178 Å². The smallest absolute Gasteiger partial charge is 0.183 e. The summed E-state index contributed by atoms with van der Waals surface area (Å²) < 4.78 is 11.7. The van der Waals surface area contributed by atoms with Crippen molar-refractivity contribution in [1.82, 2.24) is 19.9 Å². The fourth-order valence-electron chi connectivity index (χ4n) is 11.1. The molecule has 8 bridgehead atoms. The Kier molecular flexibility index (Phi) is 11.2. The summed E-state index contributed by atoms with van der Waals surface area (Å²) in [5.74, 6) is 1.17. The SMILES string of the molecule is Cc1cc(C)c(-c2c3nc(c(-c4c(C)cc(C)cc4C)c4ccc([nH]4)c(-c4c(C)cc(C)cc4C)c4nc(c(-c5ccc(/C=C/c6sc(C=O)c7c6OCCO7)cc5)c5ccc2[nH]5)C=C4)C=C3)c(C)c1. The van der Waals surface area contributed by atoms with E-state index in [0.29, 0.717) is 29.6 Å². The third-order valence-electron chi connectivity index (χ3n) is 13.7. The van der Waals surface area contributed by atoms with Crippen LogP contribution in [0.5, 0.6) is 11.5 Å². The quantitative estimate of drug-likeness (QED) is 0.155. The van der Waals surface area contributed by atoms with E-state index in [1.807, 2.05) is 6.08 Å². The lowest BCUT2D eigenvalue weighted by Gasteiger charge is -2.15. The van der Waals surface area contributed by atoms with Gasteiger partial charge in [-0.2, -0.15) is 0 Å². The van der Waals surface area contributed by atoms with Crippen molar-refractivity contribution < 1.29 is 14.3 Å². The number of nitrogens with zero attached hydrogens (tertiary/aromatic N) is 2. The number of aldehydes is 1. The fourth-order valence-corrected chi connectivity index (χ4v) is 12.0. The number of aryl methyl sites for hydroxylation is 9. The molecule has 0 saturated carbocycles. The van der Waals surface area contributed by atoms with Crippen LogP contribution in [-0.4, -0.2) is 39.4 Å². The number of aromatic amines is 2. The number of nitrogens with one attached hydrogen (secondary N) is 2. The zero-order valence-corrected chi connectivity index (χ0v) is 41.9. The highest BCUT2D eigenvalue weighted by Crippen LogP contribution is 2.45. The topological polar surface area (TPSA) is 92.9 Å². The Bertz CT molecular complexity index is 3660. The number of hydrogen-bond acceptors (Lipinski definition) is 6. The van der Waals surface area contributed by atoms with Gasteiger partial charge >= 0.3 is 0 Å². The summed E-state index contributed by atoms with van der Waals surface area (Å²) in [5, 5.41) is 0. The van der Waals surface area contributed by atoms with Crippen molar-refractivity contribution in [3.8, 4) is 56.0 Å². The van der Waals surface area contributed by atoms with Gasteiger partial charge in [0, 0.05) is 44.3 Å². The molecule has 8 heteroatoms. The van der Waals surface area contributed by atoms with Gasteiger partial charge in [-0.25, -0.2) is 9.97 Å². The van der Waals surface area contributed by atoms with E-state index in [-0.39, 0.29) is 0 Å². The van der Waals surface area contributed by atoms with Crippen LogP contribution in [0.2, 0.25) is 0 Å². The minimum absolute atomic E-state index is 0.428. The monoisotopic (exact) mass is 934 g/mol. The van der Waals surface area contributed by atoms with E-state index in [4.69, 9.17) is 19.4 Å². The highest BCUT2D eigenvalue weighted by molar-refractivity contribution is 7.15. The molecular formula is C62H54N4O3S. The number of hydrogen-bond donors (Lipinski definition) is 2. The molecule has 3 aliphatic heterocycles. The number of carbonyl (C=O) groups is 1. The van der Waals surface area contributed by atoms with Crippen LogP contribution >= 0.6 is 11.3 Å². The van der Waals surface area contributed by atoms with Crippen molar-refractivity contribution in [3.05, 3.63) is 173 Å². The first kappa shape index (κ1) is 44.7. The van der Waals surface area contributed by atoms with Crippen molar-refractivity contribution in [2.24, 2.45) is 0 Å². The molecule has 7 nitrogen and oxygen atoms in total. The highest BCUT2D eigenvalue weighted by atomic mass is 32.1. The molecule has 4 aromatic carbocycles. The minimum Gasteiger partial charge on any atom is -0.485 e. The van der Waals surface area contributed by atoms with Crippen LogP contribution in [0.3, 0.4) is 0 Å². The number of rotatable bonds is 7. The van der Waals surface area contributed by atoms with Gasteiger partial charge in [0.25, 0.3) is 0 Å². The molecule has 0 atom stereocenters. The number of benzene rings is 4. The van der Waals surface area contributed by atoms with Gasteiger partial charge in [0.2, 0.25) is 0 Å². The average molecular weight is 935 g/mol. The maximum absolute atomic E-state index is 11.9. The fraction of sp³-hybridized carbons (Fsp3) is 0.177. The molecular weight excluding hydrogens is 881 g/mol. The van der Waals surface area contributed by atoms with Crippen molar-refractivity contribution in [1.29, 1.82) is 0 Å². The van der Waals surface area contributed by atoms with Crippen LogP contribution in [0.1, 0.15) is 93.0 Å². The number of aromatic nitrogens is 4. The second-order valence-corrected chi connectivity index (χ2v) is 20.2. The van der Waals surface area contributed by atoms with E-state index >= 15 is 0 Å². The van der Waals surface area contributed by atoms with E-state index in [9.17, 15) is 4.79 Å². The number of H-pyrrole nitrogens is 2. The lowest BCUT2D eigenvalue weighted by atomic mass is 9.92. The van der Waals surface area contributed by atoms with Gasteiger partial charge < -0.3 is 19.4 Å². The van der Waals surface area contributed by atoms with E-state index < -0.39 is 0 Å². The van der Waals surface area contributed by atoms with Gasteiger partial charge in [-0.1, -0.05) is 83.4 Å². The summed E-state index contributed by atoms with van der Waals surface area (Å²) in [4.78, 5) is 32.4. The first-order chi connectivity index (χ1) is 33.8. The summed E-state index contributed by atoms with van der Waals surface area (Å²) in [7, 11) is 0. The average Bonchev–Trinajstić information content (AvgIpc) is 4.19. The Hall–Kier alpha value is -7.81. The van der Waals surface area contributed by atoms with Crippen LogP contribution in [-0.2, 0) is 0 Å². The molecule has 11 rings (SSSR count). The Morgan fingerprint density at radius 2 is 0.800 bits per heavy atom. The molecule has 3 aliphatic rings. The maximum Gasteiger partial charge on any atom is 0.183 e. The van der Waals surface area contributed by atoms with Crippen LogP contribution in [0.25, 0.3) is 103 Å². The molecule has 0 amide bonds. The zero-order chi connectivity index (χ0) is 48.5. The zero-order valence-electron chi connectivity index (χ0n) is 41.1. The Balaban J connectivity index is 1.22. The second kappa shape index (κ2) is 17.6. The minimum atomic E-state index is 0.428. The van der Waals surface area contributed by atoms with Crippen molar-refractivity contribution >= 4 is 76.1 Å². The molecule has 0 unspecified atom stereocenters. The largest absolute Gasteiger partial charge is 0.485 e. The Morgan fingerprint density at radius 1 is 0.443 bits per heavy atom. The number of fused-ring (bicyclic) bond motifs is 9. The van der Waals surface area contributed by atoms with Gasteiger partial charge in [0.05, 0.1) is 27.7 Å². The van der Waals surface area contributed by atoms with Gasteiger partial charge in [-0.3, -0.25) is 4.79 Å². The van der Waals surface area contributed by atoms with Crippen molar-refractivity contribution in [2.75, 3.05) is 13.2 Å². The third kappa shape index (κ3) is 7.82. The van der Waals surface area contributed by atoms with Crippen LogP contribution in [0, 0.1) is 62.3 Å². The molecule has 70 heavy (non-hydrogen) atoms. The van der Waals surface area contributed by atoms with Crippen LogP contribution in [0.15, 0.2) is 84.9 Å². The van der Waals surface area contributed by atoms with Crippen molar-refractivity contribution in [3.63, 3.8) is 0 Å². The molecule has 0 fully saturated rings. The van der Waals surface area contributed by atoms with Crippen molar-refractivity contribution in [2.45, 2.75) is 62.3 Å². The molecule has 0 saturated heterocycles. The summed E-state index contributed by atoms with van der Waals surface area (Å²) in [5.41, 5.74) is 27.9. The molecule has 7 heterocycles. The first-order valence-corrected chi connectivity index (χ1v) is 24.7. The lowest BCUT2D eigenvalue weighted by Crippen LogP contribution is -2.15. The number of ether oxygens (including phenoxy) is 2. The molecule has 4 aromatic heterocycles. The van der Waals surface area contributed by atoms with Crippen LogP contribution < -0.4 is 9.47 Å². The normalized spacial score (nSPS) is 12.9. The standard InChI is InChI=1S/C62H54N4O3S/c1-33-26-36(4)54(37(5)27-33)58-46-17-15-44(63-46)57(43-13-10-42(11-14-43)12-23-52-61-62(53(32-67)70-52)69-25-24-68-61)45-16-18-47(64-45)59(55-38(6)28-34(2)29-39(55)7)49-20-22-51(66-49)60(50-21-19-48(58)65-50)56-40(8)30-35(3)31-41(56)9/h10-23,26-32,63,66H,24-25H2,1-9H3/b23-12+,57-44?,57-45?,58-46?,58-48?,59-47?,59-49?,60-50?,60-51?. The molecule has 0 radical (unpaired) electrons. The van der Waals surface area contributed by atoms with E-state index in [0.717, 1.165) is 101 Å². The highest BCUT2D eigenvalue weighted by Gasteiger charge is 2.25. The second-order valence-electron chi connectivity index (χ2n) is 19.1. The molecule has 0 spiro atoms. The molecule has 346 valence electrons. The van der Waals surface area contributed by atoms with Crippen LogP contribution in [0.4, 0.5) is 0 Å².